The first-order valence-electron chi connectivity index (χ1n) is 6.52. The van der Waals surface area contributed by atoms with Crippen LogP contribution in [0.1, 0.15) is 42.6 Å². The molecule has 0 aliphatic carbocycles. The molecule has 5 heteroatoms. The molecule has 108 valence electrons. The van der Waals surface area contributed by atoms with Gasteiger partial charge < -0.3 is 9.64 Å². The van der Waals surface area contributed by atoms with Crippen molar-refractivity contribution in [3.63, 3.8) is 0 Å². The minimum Gasteiger partial charge on any atom is -0.444 e. The van der Waals surface area contributed by atoms with E-state index in [0.29, 0.717) is 30.5 Å². The molecule has 0 bridgehead atoms. The van der Waals surface area contributed by atoms with Gasteiger partial charge in [-0.15, -0.1) is 0 Å². The van der Waals surface area contributed by atoms with Crippen LogP contribution in [0.4, 0.5) is 9.18 Å². The number of nitrogens with zero attached hydrogens (tertiary/aromatic N) is 1. The quantitative estimate of drug-likeness (QED) is 0.782. The van der Waals surface area contributed by atoms with Crippen molar-refractivity contribution >= 4 is 12.4 Å². The van der Waals surface area contributed by atoms with E-state index >= 15 is 0 Å². The fourth-order valence-corrected chi connectivity index (χ4v) is 2.10. The molecule has 1 aliphatic rings. The number of amides is 1. The summed E-state index contributed by atoms with van der Waals surface area (Å²) < 4.78 is 19.0. The largest absolute Gasteiger partial charge is 0.444 e. The van der Waals surface area contributed by atoms with E-state index in [1.807, 2.05) is 0 Å². The van der Waals surface area contributed by atoms with Gasteiger partial charge in [0.15, 0.2) is 0 Å². The number of hydrogen-bond acceptors (Lipinski definition) is 3. The second-order valence-corrected chi connectivity index (χ2v) is 5.98. The molecule has 1 amide bonds. The average molecular weight is 279 g/mol. The van der Waals surface area contributed by atoms with Crippen LogP contribution in [-0.2, 0) is 4.74 Å². The van der Waals surface area contributed by atoms with E-state index in [9.17, 15) is 14.0 Å². The lowest BCUT2D eigenvalue weighted by atomic mass is 9.90. The van der Waals surface area contributed by atoms with E-state index in [1.165, 1.54) is 17.0 Å². The predicted molar refractivity (Wildman–Crippen MR) is 72.3 cm³/mol. The Morgan fingerprint density at radius 2 is 2.05 bits per heavy atom. The molecule has 1 aromatic rings. The first kappa shape index (κ1) is 14.5. The number of likely N-dealkylation sites (tertiary alicyclic amines) is 1. The number of carbonyl (C=O) groups excluding carboxylic acids is 2. The van der Waals surface area contributed by atoms with Crippen LogP contribution in [0.25, 0.3) is 0 Å². The minimum atomic E-state index is -0.537. The molecule has 0 saturated carbocycles. The van der Waals surface area contributed by atoms with Crippen molar-refractivity contribution in [1.29, 1.82) is 0 Å². The molecule has 0 N–H and O–H groups in total. The van der Waals surface area contributed by atoms with Gasteiger partial charge in [-0.2, -0.15) is 0 Å². The van der Waals surface area contributed by atoms with Crippen LogP contribution in [0.5, 0.6) is 0 Å². The molecule has 4 nitrogen and oxygen atoms in total. The van der Waals surface area contributed by atoms with Crippen LogP contribution < -0.4 is 0 Å². The maximum absolute atomic E-state index is 13.7. The van der Waals surface area contributed by atoms with Crippen LogP contribution in [-0.4, -0.2) is 36.0 Å². The highest BCUT2D eigenvalue weighted by molar-refractivity contribution is 5.75. The zero-order valence-corrected chi connectivity index (χ0v) is 11.9. The van der Waals surface area contributed by atoms with Crippen molar-refractivity contribution in [3.8, 4) is 0 Å². The van der Waals surface area contributed by atoms with Crippen LogP contribution in [0.15, 0.2) is 18.2 Å². The third kappa shape index (κ3) is 3.15. The minimum absolute atomic E-state index is 0.0811. The Labute approximate surface area is 117 Å². The zero-order valence-electron chi connectivity index (χ0n) is 11.9. The summed E-state index contributed by atoms with van der Waals surface area (Å²) in [6.45, 7) is 6.22. The Balaban J connectivity index is 2.00. The van der Waals surface area contributed by atoms with Crippen molar-refractivity contribution in [2.75, 3.05) is 13.1 Å². The van der Waals surface area contributed by atoms with E-state index < -0.39 is 5.60 Å². The highest BCUT2D eigenvalue weighted by Gasteiger charge is 2.35. The maximum Gasteiger partial charge on any atom is 0.410 e. The van der Waals surface area contributed by atoms with Crippen LogP contribution in [0, 0.1) is 5.82 Å². The van der Waals surface area contributed by atoms with E-state index in [4.69, 9.17) is 4.74 Å². The van der Waals surface area contributed by atoms with E-state index in [-0.39, 0.29) is 17.8 Å². The van der Waals surface area contributed by atoms with Gasteiger partial charge in [0.25, 0.3) is 0 Å². The number of hydrogen-bond donors (Lipinski definition) is 0. The summed E-state index contributed by atoms with van der Waals surface area (Å²) in [4.78, 5) is 24.0. The first-order chi connectivity index (χ1) is 9.30. The van der Waals surface area contributed by atoms with Crippen molar-refractivity contribution in [3.05, 3.63) is 35.1 Å². The Bertz CT molecular complexity index is 530. The number of benzene rings is 1. The van der Waals surface area contributed by atoms with Crippen LogP contribution in [0.2, 0.25) is 0 Å². The molecular formula is C15H18FNO3. The molecule has 1 heterocycles. The molecule has 1 aromatic carbocycles. The van der Waals surface area contributed by atoms with E-state index in [2.05, 4.69) is 0 Å². The molecule has 0 unspecified atom stereocenters. The smallest absolute Gasteiger partial charge is 0.410 e. The Kier molecular flexibility index (Phi) is 3.79. The number of aldehydes is 1. The molecule has 2 rings (SSSR count). The van der Waals surface area contributed by atoms with E-state index in [1.54, 1.807) is 26.8 Å². The third-order valence-corrected chi connectivity index (χ3v) is 3.13. The van der Waals surface area contributed by atoms with Crippen LogP contribution >= 0.6 is 0 Å². The van der Waals surface area contributed by atoms with Gasteiger partial charge in [-0.05, 0) is 44.5 Å². The molecule has 0 radical (unpaired) electrons. The standard InChI is InChI=1S/C15H18FNO3/c1-15(2,3)20-14(19)17-7-11(8-17)12-6-10(9-18)4-5-13(12)16/h4-6,9,11H,7-8H2,1-3H3. The Morgan fingerprint density at radius 1 is 1.40 bits per heavy atom. The average Bonchev–Trinajstić information content (AvgIpc) is 2.27. The zero-order chi connectivity index (χ0) is 14.9. The summed E-state index contributed by atoms with van der Waals surface area (Å²) in [6, 6.07) is 4.27. The van der Waals surface area contributed by atoms with Gasteiger partial charge in [0.2, 0.25) is 0 Å². The van der Waals surface area contributed by atoms with Crippen molar-refractivity contribution in [2.45, 2.75) is 32.3 Å². The van der Waals surface area contributed by atoms with Gasteiger partial charge in [-0.25, -0.2) is 9.18 Å². The van der Waals surface area contributed by atoms with Crippen molar-refractivity contribution in [1.82, 2.24) is 4.90 Å². The monoisotopic (exact) mass is 279 g/mol. The predicted octanol–water partition coefficient (Wildman–Crippen LogP) is 2.97. The summed E-state index contributed by atoms with van der Waals surface area (Å²) in [7, 11) is 0. The summed E-state index contributed by atoms with van der Waals surface area (Å²) in [5.74, 6) is -0.424. The van der Waals surface area contributed by atoms with Crippen molar-refractivity contribution < 1.29 is 18.7 Å². The van der Waals surface area contributed by atoms with Gasteiger partial charge in [0, 0.05) is 24.6 Å². The second-order valence-electron chi connectivity index (χ2n) is 5.98. The number of ether oxygens (including phenoxy) is 1. The van der Waals surface area contributed by atoms with Gasteiger partial charge in [-0.3, -0.25) is 4.79 Å². The topological polar surface area (TPSA) is 46.6 Å². The highest BCUT2D eigenvalue weighted by atomic mass is 19.1. The van der Waals surface area contributed by atoms with Gasteiger partial charge in [0.1, 0.15) is 17.7 Å². The molecule has 20 heavy (non-hydrogen) atoms. The number of rotatable bonds is 2. The Morgan fingerprint density at radius 3 is 2.60 bits per heavy atom. The molecule has 1 fully saturated rings. The molecule has 1 aliphatic heterocycles. The van der Waals surface area contributed by atoms with Gasteiger partial charge in [0.05, 0.1) is 0 Å². The van der Waals surface area contributed by atoms with Gasteiger partial charge in [-0.1, -0.05) is 0 Å². The highest BCUT2D eigenvalue weighted by Crippen LogP contribution is 2.30. The fraction of sp³-hybridized carbons (Fsp3) is 0.467. The fourth-order valence-electron chi connectivity index (χ4n) is 2.10. The van der Waals surface area contributed by atoms with Crippen LogP contribution in [0.3, 0.4) is 0 Å². The number of halogens is 1. The molecule has 0 spiro atoms. The summed E-state index contributed by atoms with van der Waals surface area (Å²) in [5.41, 5.74) is 0.386. The molecule has 1 saturated heterocycles. The lowest BCUT2D eigenvalue weighted by Gasteiger charge is -2.40. The lowest BCUT2D eigenvalue weighted by molar-refractivity contribution is 0.00789. The molecular weight excluding hydrogens is 261 g/mol. The molecule has 0 aromatic heterocycles. The Hall–Kier alpha value is -1.91. The first-order valence-corrected chi connectivity index (χ1v) is 6.52. The normalized spacial score (nSPS) is 15.7. The van der Waals surface area contributed by atoms with Gasteiger partial charge >= 0.3 is 6.09 Å². The molecule has 0 atom stereocenters. The second kappa shape index (κ2) is 5.23. The lowest BCUT2D eigenvalue weighted by Crippen LogP contribution is -2.50. The third-order valence-electron chi connectivity index (χ3n) is 3.13. The van der Waals surface area contributed by atoms with E-state index in [0.717, 1.165) is 0 Å². The number of carbonyl (C=O) groups is 2. The summed E-state index contributed by atoms with van der Waals surface area (Å²) in [5, 5.41) is 0. The maximum atomic E-state index is 13.7. The van der Waals surface area contributed by atoms with Crippen molar-refractivity contribution in [2.24, 2.45) is 0 Å². The summed E-state index contributed by atoms with van der Waals surface area (Å²) in [6.07, 6.45) is 0.299. The summed E-state index contributed by atoms with van der Waals surface area (Å²) >= 11 is 0. The SMILES string of the molecule is CC(C)(C)OC(=O)N1CC(c2cc(C=O)ccc2F)C1.